The predicted molar refractivity (Wildman–Crippen MR) is 94.4 cm³/mol. The maximum atomic E-state index is 13.4. The zero-order chi connectivity index (χ0) is 20.7. The molecule has 1 aliphatic heterocycles. The Balaban J connectivity index is 1.82. The van der Waals surface area contributed by atoms with Gasteiger partial charge >= 0.3 is 12.3 Å². The van der Waals surface area contributed by atoms with Gasteiger partial charge in [0.05, 0.1) is 11.0 Å². The summed E-state index contributed by atoms with van der Waals surface area (Å²) in [6.45, 7) is 4.36. The summed E-state index contributed by atoms with van der Waals surface area (Å²) in [6, 6.07) is 0.784. The largest absolute Gasteiger partial charge is 0.465 e. The second-order valence-electron chi connectivity index (χ2n) is 8.00. The number of amides is 2. The summed E-state index contributed by atoms with van der Waals surface area (Å²) in [5, 5.41) is 11.4. The number of carbonyl (C=O) groups is 2. The van der Waals surface area contributed by atoms with Crippen LogP contribution >= 0.6 is 0 Å². The number of alkyl halides is 3. The third-order valence-electron chi connectivity index (χ3n) is 6.06. The van der Waals surface area contributed by atoms with E-state index in [4.69, 9.17) is 5.11 Å². The first-order chi connectivity index (χ1) is 13.0. The molecule has 154 valence electrons. The molecule has 2 amide bonds. The van der Waals surface area contributed by atoms with Crippen LogP contribution in [0.3, 0.4) is 0 Å². The lowest BCUT2D eigenvalue weighted by atomic mass is 9.74. The molecule has 6 nitrogen and oxygen atoms in total. The summed E-state index contributed by atoms with van der Waals surface area (Å²) in [7, 11) is 0. The molecule has 9 heteroatoms. The molecule has 2 atom stereocenters. The van der Waals surface area contributed by atoms with E-state index in [1.807, 2.05) is 13.8 Å². The summed E-state index contributed by atoms with van der Waals surface area (Å²) in [5.74, 6) is -0.123. The monoisotopic (exact) mass is 399 g/mol. The smallest absolute Gasteiger partial charge is 0.417 e. The number of pyridine rings is 1. The third-order valence-corrected chi connectivity index (χ3v) is 6.06. The summed E-state index contributed by atoms with van der Waals surface area (Å²) >= 11 is 0. The van der Waals surface area contributed by atoms with Crippen molar-refractivity contribution in [2.75, 3.05) is 6.54 Å². The zero-order valence-corrected chi connectivity index (χ0v) is 15.8. The van der Waals surface area contributed by atoms with Crippen molar-refractivity contribution in [2.45, 2.75) is 58.3 Å². The molecule has 0 spiro atoms. The SMILES string of the molecule is CC(C)[C@]1(C(=O)N2CCc3ncc(C(F)(F)F)cc3C2)CC[C@@H](NC(=O)O)C1. The van der Waals surface area contributed by atoms with Gasteiger partial charge in [-0.15, -0.1) is 0 Å². The van der Waals surface area contributed by atoms with E-state index in [1.165, 1.54) is 0 Å². The van der Waals surface area contributed by atoms with E-state index < -0.39 is 23.2 Å². The fourth-order valence-electron chi connectivity index (χ4n) is 4.41. The van der Waals surface area contributed by atoms with Gasteiger partial charge in [-0.25, -0.2) is 4.79 Å². The molecular formula is C19H24F3N3O3. The Morgan fingerprint density at radius 1 is 1.39 bits per heavy atom. The number of nitrogens with zero attached hydrogens (tertiary/aromatic N) is 2. The van der Waals surface area contributed by atoms with Crippen LogP contribution in [0.2, 0.25) is 0 Å². The second-order valence-corrected chi connectivity index (χ2v) is 8.00. The van der Waals surface area contributed by atoms with Crippen LogP contribution < -0.4 is 5.32 Å². The van der Waals surface area contributed by atoms with Crippen molar-refractivity contribution < 1.29 is 27.9 Å². The lowest BCUT2D eigenvalue weighted by Gasteiger charge is -2.39. The summed E-state index contributed by atoms with van der Waals surface area (Å²) in [5.41, 5.74) is -0.510. The molecule has 0 unspecified atom stereocenters. The van der Waals surface area contributed by atoms with Crippen LogP contribution in [0.1, 0.15) is 49.9 Å². The number of hydrogen-bond acceptors (Lipinski definition) is 3. The van der Waals surface area contributed by atoms with Crippen molar-refractivity contribution in [2.24, 2.45) is 11.3 Å². The van der Waals surface area contributed by atoms with Gasteiger partial charge in [-0.3, -0.25) is 9.78 Å². The van der Waals surface area contributed by atoms with Crippen molar-refractivity contribution in [3.63, 3.8) is 0 Å². The molecular weight excluding hydrogens is 375 g/mol. The number of aromatic nitrogens is 1. The van der Waals surface area contributed by atoms with E-state index in [0.29, 0.717) is 43.5 Å². The molecule has 0 bridgehead atoms. The number of hydrogen-bond donors (Lipinski definition) is 2. The van der Waals surface area contributed by atoms with E-state index in [9.17, 15) is 22.8 Å². The zero-order valence-electron chi connectivity index (χ0n) is 15.8. The quantitative estimate of drug-likeness (QED) is 0.816. The minimum absolute atomic E-state index is 0.0124. The van der Waals surface area contributed by atoms with Crippen LogP contribution in [-0.4, -0.2) is 39.6 Å². The van der Waals surface area contributed by atoms with Gasteiger partial charge in [0.25, 0.3) is 0 Å². The van der Waals surface area contributed by atoms with Gasteiger partial charge in [0.2, 0.25) is 5.91 Å². The van der Waals surface area contributed by atoms with Crippen molar-refractivity contribution in [1.29, 1.82) is 0 Å². The number of nitrogens with one attached hydrogen (secondary N) is 1. The van der Waals surface area contributed by atoms with Gasteiger partial charge in [-0.1, -0.05) is 13.8 Å². The first-order valence-electron chi connectivity index (χ1n) is 9.37. The van der Waals surface area contributed by atoms with Gasteiger partial charge in [0.1, 0.15) is 0 Å². The number of halogens is 3. The van der Waals surface area contributed by atoms with E-state index in [1.54, 1.807) is 4.90 Å². The molecule has 0 radical (unpaired) electrons. The van der Waals surface area contributed by atoms with Crippen LogP contribution in [-0.2, 0) is 23.9 Å². The second kappa shape index (κ2) is 7.25. The standard InChI is InChI=1S/C19H24F3N3O3/c1-11(2)18(5-3-14(8-18)24-17(27)28)16(26)25-6-4-15-12(10-25)7-13(9-23-15)19(20,21)22/h7,9,11,14,24H,3-6,8,10H2,1-2H3,(H,27,28)/t14-,18+/m1/s1. The molecule has 28 heavy (non-hydrogen) atoms. The lowest BCUT2D eigenvalue weighted by molar-refractivity contribution is -0.145. The number of fused-ring (bicyclic) bond motifs is 1. The Bertz CT molecular complexity index is 781. The van der Waals surface area contributed by atoms with Crippen molar-refractivity contribution >= 4 is 12.0 Å². The van der Waals surface area contributed by atoms with Gasteiger partial charge < -0.3 is 15.3 Å². The maximum absolute atomic E-state index is 13.4. The van der Waals surface area contributed by atoms with E-state index in [-0.39, 0.29) is 24.4 Å². The van der Waals surface area contributed by atoms with Crippen LogP contribution in [0.5, 0.6) is 0 Å². The number of carbonyl (C=O) groups excluding carboxylic acids is 1. The average molecular weight is 399 g/mol. The lowest BCUT2D eigenvalue weighted by Crippen LogP contribution is -2.48. The Hall–Kier alpha value is -2.32. The average Bonchev–Trinajstić information content (AvgIpc) is 3.03. The van der Waals surface area contributed by atoms with Gasteiger partial charge in [0, 0.05) is 37.4 Å². The number of rotatable bonds is 3. The number of carboxylic acid groups (broad SMARTS) is 1. The Kier molecular flexibility index (Phi) is 5.29. The highest BCUT2D eigenvalue weighted by atomic mass is 19.4. The van der Waals surface area contributed by atoms with Crippen molar-refractivity contribution in [3.8, 4) is 0 Å². The van der Waals surface area contributed by atoms with Gasteiger partial charge in [-0.05, 0) is 36.8 Å². The molecule has 1 fully saturated rings. The van der Waals surface area contributed by atoms with E-state index in [2.05, 4.69) is 10.3 Å². The third kappa shape index (κ3) is 3.79. The topological polar surface area (TPSA) is 82.5 Å². The van der Waals surface area contributed by atoms with Gasteiger partial charge in [0.15, 0.2) is 0 Å². The Labute approximate surface area is 161 Å². The van der Waals surface area contributed by atoms with E-state index >= 15 is 0 Å². The first-order valence-corrected chi connectivity index (χ1v) is 9.37. The molecule has 1 aromatic heterocycles. The molecule has 0 saturated heterocycles. The maximum Gasteiger partial charge on any atom is 0.417 e. The fraction of sp³-hybridized carbons (Fsp3) is 0.632. The van der Waals surface area contributed by atoms with Gasteiger partial charge in [-0.2, -0.15) is 13.2 Å². The minimum Gasteiger partial charge on any atom is -0.465 e. The molecule has 1 aromatic rings. The Morgan fingerprint density at radius 3 is 2.71 bits per heavy atom. The van der Waals surface area contributed by atoms with Crippen molar-refractivity contribution in [1.82, 2.24) is 15.2 Å². The minimum atomic E-state index is -4.48. The summed E-state index contributed by atoms with van der Waals surface area (Å²) in [6.07, 6.45) is -2.82. The van der Waals surface area contributed by atoms with Crippen LogP contribution in [0.25, 0.3) is 0 Å². The molecule has 2 N–H and O–H groups in total. The molecule has 1 saturated carbocycles. The fourth-order valence-corrected chi connectivity index (χ4v) is 4.41. The molecule has 3 rings (SSSR count). The summed E-state index contributed by atoms with van der Waals surface area (Å²) in [4.78, 5) is 29.9. The highest BCUT2D eigenvalue weighted by Gasteiger charge is 2.50. The highest BCUT2D eigenvalue weighted by molar-refractivity contribution is 5.84. The van der Waals surface area contributed by atoms with E-state index in [0.717, 1.165) is 12.3 Å². The highest BCUT2D eigenvalue weighted by Crippen LogP contribution is 2.46. The first kappa shape index (κ1) is 20.4. The van der Waals surface area contributed by atoms with Crippen LogP contribution in [0.15, 0.2) is 12.3 Å². The molecule has 2 aliphatic rings. The van der Waals surface area contributed by atoms with Crippen molar-refractivity contribution in [3.05, 3.63) is 29.1 Å². The summed E-state index contributed by atoms with van der Waals surface area (Å²) < 4.78 is 39.0. The normalized spacial score (nSPS) is 24.9. The van der Waals surface area contributed by atoms with Crippen LogP contribution in [0, 0.1) is 11.3 Å². The Morgan fingerprint density at radius 2 is 2.11 bits per heavy atom. The van der Waals surface area contributed by atoms with Crippen LogP contribution in [0.4, 0.5) is 18.0 Å². The molecule has 0 aromatic carbocycles. The molecule has 2 heterocycles. The molecule has 1 aliphatic carbocycles. The predicted octanol–water partition coefficient (Wildman–Crippen LogP) is 3.45.